The van der Waals surface area contributed by atoms with Gasteiger partial charge in [0.05, 0.1) is 5.41 Å². The maximum absolute atomic E-state index is 6.62. The number of hydrogen-bond acceptors (Lipinski definition) is 1. The molecule has 0 fully saturated rings. The quantitative estimate of drug-likeness (QED) is 0.398. The highest BCUT2D eigenvalue weighted by atomic mass is 35.5. The molecule has 0 aliphatic carbocycles. The summed E-state index contributed by atoms with van der Waals surface area (Å²) < 4.78 is 2.26. The van der Waals surface area contributed by atoms with Gasteiger partial charge >= 0.3 is 0 Å². The van der Waals surface area contributed by atoms with Crippen LogP contribution in [0.3, 0.4) is 0 Å². The van der Waals surface area contributed by atoms with Crippen molar-refractivity contribution in [1.29, 1.82) is 0 Å². The lowest BCUT2D eigenvalue weighted by Crippen LogP contribution is -2.26. The Morgan fingerprint density at radius 3 is 2.23 bits per heavy atom. The molecule has 0 unspecified atom stereocenters. The van der Waals surface area contributed by atoms with Crippen LogP contribution in [0.5, 0.6) is 0 Å². The molecule has 2 aromatic carbocycles. The maximum Gasteiger partial charge on any atom is 0.209 e. The van der Waals surface area contributed by atoms with Crippen molar-refractivity contribution >= 4 is 28.7 Å². The molecule has 0 bridgehead atoms. The normalized spacial score (nSPS) is 21.0. The molecule has 0 atom stereocenters. The molecule has 0 saturated carbocycles. The number of benzene rings is 2. The third-order valence-corrected chi connectivity index (χ3v) is 6.93. The van der Waals surface area contributed by atoms with Crippen molar-refractivity contribution in [3.8, 4) is 0 Å². The van der Waals surface area contributed by atoms with Gasteiger partial charge in [0, 0.05) is 46.6 Å². The Labute approximate surface area is 185 Å². The van der Waals surface area contributed by atoms with Gasteiger partial charge in [0.25, 0.3) is 0 Å². The van der Waals surface area contributed by atoms with Crippen LogP contribution in [-0.2, 0) is 10.8 Å². The molecule has 4 rings (SSSR count). The first-order valence-corrected chi connectivity index (χ1v) is 10.8. The van der Waals surface area contributed by atoms with E-state index < -0.39 is 0 Å². The van der Waals surface area contributed by atoms with Crippen LogP contribution in [0, 0.1) is 0 Å². The predicted octanol–water partition coefficient (Wildman–Crippen LogP) is 6.68. The second-order valence-electron chi connectivity index (χ2n) is 9.22. The van der Waals surface area contributed by atoms with Crippen molar-refractivity contribution in [2.45, 2.75) is 38.5 Å². The molecule has 30 heavy (non-hydrogen) atoms. The summed E-state index contributed by atoms with van der Waals surface area (Å²) in [6.45, 7) is 9.06. The summed E-state index contributed by atoms with van der Waals surface area (Å²) in [6, 6.07) is 17.2. The average molecular weight is 418 g/mol. The number of nitrogens with zero attached hydrogens (tertiary/aromatic N) is 2. The highest BCUT2D eigenvalue weighted by Crippen LogP contribution is 2.46. The van der Waals surface area contributed by atoms with E-state index in [0.717, 1.165) is 5.03 Å². The van der Waals surface area contributed by atoms with Crippen molar-refractivity contribution < 1.29 is 4.58 Å². The molecule has 0 spiro atoms. The zero-order valence-corrected chi connectivity index (χ0v) is 19.5. The first-order valence-electron chi connectivity index (χ1n) is 10.5. The van der Waals surface area contributed by atoms with E-state index >= 15 is 0 Å². The summed E-state index contributed by atoms with van der Waals surface area (Å²) in [6.07, 6.45) is 8.31. The van der Waals surface area contributed by atoms with Gasteiger partial charge in [-0.1, -0.05) is 61.8 Å². The van der Waals surface area contributed by atoms with Gasteiger partial charge in [-0.2, -0.15) is 4.58 Å². The molecule has 2 nitrogen and oxygen atoms in total. The smallest absolute Gasteiger partial charge is 0.209 e. The summed E-state index contributed by atoms with van der Waals surface area (Å²) >= 11 is 6.62. The zero-order valence-electron chi connectivity index (χ0n) is 18.7. The summed E-state index contributed by atoms with van der Waals surface area (Å²) in [5.41, 5.74) is 7.61. The molecule has 2 aromatic rings. The summed E-state index contributed by atoms with van der Waals surface area (Å²) in [5, 5.41) is 0.718. The third-order valence-electron chi connectivity index (χ3n) is 6.68. The minimum atomic E-state index is -0.0488. The summed E-state index contributed by atoms with van der Waals surface area (Å²) in [4.78, 5) is 2.26. The van der Waals surface area contributed by atoms with Crippen LogP contribution in [0.15, 0.2) is 83.6 Å². The molecule has 2 aliphatic heterocycles. The number of para-hydroxylation sites is 2. The highest BCUT2D eigenvalue weighted by molar-refractivity contribution is 6.31. The number of halogens is 1. The Kier molecular flexibility index (Phi) is 5.02. The first-order chi connectivity index (χ1) is 14.2. The van der Waals surface area contributed by atoms with Crippen LogP contribution >= 0.6 is 11.6 Å². The van der Waals surface area contributed by atoms with Gasteiger partial charge in [-0.3, -0.25) is 0 Å². The Morgan fingerprint density at radius 1 is 0.933 bits per heavy atom. The van der Waals surface area contributed by atoms with Crippen LogP contribution in [0.2, 0.25) is 0 Å². The van der Waals surface area contributed by atoms with Crippen LogP contribution in [0.1, 0.15) is 38.8 Å². The van der Waals surface area contributed by atoms with E-state index in [1.807, 2.05) is 12.2 Å². The SMILES string of the molecule is CN1/C(=C/C=C(Cl)/C=C/C2=[N+](C)c3ccccc3C2(C)C)C(C)(C)c2ccccc21. The number of hydrogen-bond donors (Lipinski definition) is 0. The van der Waals surface area contributed by atoms with Gasteiger partial charge < -0.3 is 4.90 Å². The molecule has 154 valence electrons. The van der Waals surface area contributed by atoms with Gasteiger partial charge in [0.2, 0.25) is 5.69 Å². The Hall–Kier alpha value is -2.58. The molecule has 2 heterocycles. The molecule has 3 heteroatoms. The standard InChI is InChI=1S/C27H30ClN2/c1-26(2)20-11-7-9-13-22(20)29(5)24(26)17-15-19(28)16-18-25-27(3,4)21-12-8-10-14-23(21)30(25)6/h7-18H,1-6H3/q+1. The van der Waals surface area contributed by atoms with Crippen LogP contribution < -0.4 is 4.90 Å². The lowest BCUT2D eigenvalue weighted by atomic mass is 9.81. The maximum atomic E-state index is 6.62. The Morgan fingerprint density at radius 2 is 1.57 bits per heavy atom. The van der Waals surface area contributed by atoms with E-state index in [1.165, 1.54) is 33.9 Å². The van der Waals surface area contributed by atoms with Crippen molar-refractivity contribution in [1.82, 2.24) is 0 Å². The minimum absolute atomic E-state index is 0.0488. The molecule has 2 aliphatic rings. The average Bonchev–Trinajstić information content (AvgIpc) is 3.04. The van der Waals surface area contributed by atoms with E-state index in [9.17, 15) is 0 Å². The highest BCUT2D eigenvalue weighted by Gasteiger charge is 2.42. The number of rotatable bonds is 3. The molecule has 0 N–H and O–H groups in total. The molecular formula is C27H30ClN2+. The van der Waals surface area contributed by atoms with Crippen molar-refractivity contribution in [3.63, 3.8) is 0 Å². The van der Waals surface area contributed by atoms with Crippen LogP contribution in [0.4, 0.5) is 11.4 Å². The van der Waals surface area contributed by atoms with E-state index in [0.29, 0.717) is 0 Å². The fourth-order valence-corrected chi connectivity index (χ4v) is 5.10. The molecule has 0 radical (unpaired) electrons. The number of fused-ring (bicyclic) bond motifs is 2. The fourth-order valence-electron chi connectivity index (χ4n) is 4.98. The van der Waals surface area contributed by atoms with E-state index in [1.54, 1.807) is 0 Å². The molecular weight excluding hydrogens is 388 g/mol. The first kappa shape index (κ1) is 20.7. The fraction of sp³-hybridized carbons (Fsp3) is 0.296. The van der Waals surface area contributed by atoms with Crippen LogP contribution in [-0.4, -0.2) is 24.4 Å². The summed E-state index contributed by atoms with van der Waals surface area (Å²) in [5.74, 6) is 0. The van der Waals surface area contributed by atoms with Crippen molar-refractivity contribution in [2.24, 2.45) is 0 Å². The number of anilines is 1. The van der Waals surface area contributed by atoms with Gasteiger partial charge in [0.1, 0.15) is 7.05 Å². The second kappa shape index (κ2) is 7.28. The van der Waals surface area contributed by atoms with Gasteiger partial charge in [0.15, 0.2) is 5.71 Å². The predicted molar refractivity (Wildman–Crippen MR) is 129 cm³/mol. The topological polar surface area (TPSA) is 6.25 Å². The zero-order chi connectivity index (χ0) is 21.7. The third kappa shape index (κ3) is 3.15. The summed E-state index contributed by atoms with van der Waals surface area (Å²) in [7, 11) is 4.25. The molecule has 0 amide bonds. The number of allylic oxidation sites excluding steroid dienone is 6. The van der Waals surface area contributed by atoms with Crippen LogP contribution in [0.25, 0.3) is 0 Å². The van der Waals surface area contributed by atoms with Gasteiger partial charge in [-0.05, 0) is 43.7 Å². The second-order valence-corrected chi connectivity index (χ2v) is 9.66. The van der Waals surface area contributed by atoms with Gasteiger partial charge in [-0.15, -0.1) is 0 Å². The molecule has 0 saturated heterocycles. The minimum Gasteiger partial charge on any atom is -0.347 e. The molecule has 0 aromatic heterocycles. The Balaban J connectivity index is 1.62. The Bertz CT molecular complexity index is 1130. The van der Waals surface area contributed by atoms with Crippen molar-refractivity contribution in [2.75, 3.05) is 19.0 Å². The van der Waals surface area contributed by atoms with E-state index in [-0.39, 0.29) is 10.8 Å². The lowest BCUT2D eigenvalue weighted by Gasteiger charge is -2.23. The van der Waals surface area contributed by atoms with E-state index in [2.05, 4.69) is 112 Å². The lowest BCUT2D eigenvalue weighted by molar-refractivity contribution is -0.401. The van der Waals surface area contributed by atoms with Gasteiger partial charge in [-0.25, -0.2) is 0 Å². The largest absolute Gasteiger partial charge is 0.347 e. The monoisotopic (exact) mass is 417 g/mol. The van der Waals surface area contributed by atoms with E-state index in [4.69, 9.17) is 11.6 Å². The number of likely N-dealkylation sites (N-methyl/N-ethyl adjacent to an activating group) is 1. The van der Waals surface area contributed by atoms with Crippen molar-refractivity contribution in [3.05, 3.63) is 94.7 Å².